The first-order chi connectivity index (χ1) is 7.88. The maximum Gasteiger partial charge on any atom is 0.209 e. The molecule has 0 saturated carbocycles. The SMILES string of the molecule is NS(=O)(=O)CCCCOc1ccc(Cl)cc1Cl. The van der Waals surface area contributed by atoms with E-state index < -0.39 is 10.0 Å². The van der Waals surface area contributed by atoms with Crippen LogP contribution >= 0.6 is 23.2 Å². The number of rotatable bonds is 6. The van der Waals surface area contributed by atoms with Gasteiger partial charge in [0.15, 0.2) is 0 Å². The van der Waals surface area contributed by atoms with Crippen molar-refractivity contribution in [2.24, 2.45) is 5.14 Å². The van der Waals surface area contributed by atoms with E-state index in [4.69, 9.17) is 33.1 Å². The third-order valence-electron chi connectivity index (χ3n) is 1.97. The van der Waals surface area contributed by atoms with Crippen LogP contribution in [-0.4, -0.2) is 20.8 Å². The smallest absolute Gasteiger partial charge is 0.209 e. The zero-order valence-electron chi connectivity index (χ0n) is 9.03. The van der Waals surface area contributed by atoms with E-state index in [0.717, 1.165) is 0 Å². The van der Waals surface area contributed by atoms with Gasteiger partial charge in [-0.25, -0.2) is 13.6 Å². The number of unbranched alkanes of at least 4 members (excludes halogenated alkanes) is 1. The summed E-state index contributed by atoms with van der Waals surface area (Å²) in [5, 5.41) is 5.84. The third kappa shape index (κ3) is 6.12. The van der Waals surface area contributed by atoms with Crippen molar-refractivity contribution in [3.05, 3.63) is 28.2 Å². The number of ether oxygens (including phenoxy) is 1. The number of halogens is 2. The molecule has 0 aromatic heterocycles. The van der Waals surface area contributed by atoms with Crippen LogP contribution in [0.3, 0.4) is 0 Å². The average Bonchev–Trinajstić information content (AvgIpc) is 2.18. The van der Waals surface area contributed by atoms with Crippen molar-refractivity contribution in [3.63, 3.8) is 0 Å². The Balaban J connectivity index is 2.32. The molecule has 1 aromatic rings. The first kappa shape index (κ1) is 14.6. The minimum absolute atomic E-state index is 0.0370. The Morgan fingerprint density at radius 1 is 1.24 bits per heavy atom. The van der Waals surface area contributed by atoms with Gasteiger partial charge in [-0.05, 0) is 31.0 Å². The predicted octanol–water partition coefficient (Wildman–Crippen LogP) is 2.44. The van der Waals surface area contributed by atoms with Gasteiger partial charge in [-0.2, -0.15) is 0 Å². The van der Waals surface area contributed by atoms with Gasteiger partial charge in [0.25, 0.3) is 0 Å². The summed E-state index contributed by atoms with van der Waals surface area (Å²) in [7, 11) is -3.38. The Morgan fingerprint density at radius 2 is 1.94 bits per heavy atom. The molecule has 0 heterocycles. The van der Waals surface area contributed by atoms with E-state index in [-0.39, 0.29) is 5.75 Å². The van der Waals surface area contributed by atoms with Crippen molar-refractivity contribution in [1.29, 1.82) is 0 Å². The van der Waals surface area contributed by atoms with E-state index >= 15 is 0 Å². The molecule has 4 nitrogen and oxygen atoms in total. The molecule has 1 aromatic carbocycles. The highest BCUT2D eigenvalue weighted by atomic mass is 35.5. The molecule has 0 radical (unpaired) electrons. The Labute approximate surface area is 111 Å². The molecule has 0 spiro atoms. The topological polar surface area (TPSA) is 69.4 Å². The van der Waals surface area contributed by atoms with E-state index in [9.17, 15) is 8.42 Å². The fourth-order valence-corrected chi connectivity index (χ4v) is 2.25. The highest BCUT2D eigenvalue weighted by Gasteiger charge is 2.04. The van der Waals surface area contributed by atoms with Crippen LogP contribution in [0.4, 0.5) is 0 Å². The second-order valence-corrected chi connectivity index (χ2v) is 6.07. The molecule has 1 rings (SSSR count). The number of benzene rings is 1. The average molecular weight is 298 g/mol. The Hall–Kier alpha value is -0.490. The number of sulfonamides is 1. The maximum atomic E-state index is 10.7. The summed E-state index contributed by atoms with van der Waals surface area (Å²) in [4.78, 5) is 0. The molecule has 0 fully saturated rings. The lowest BCUT2D eigenvalue weighted by atomic mass is 10.3. The number of primary sulfonamides is 1. The molecular weight excluding hydrogens is 285 g/mol. The second-order valence-electron chi connectivity index (χ2n) is 3.50. The second kappa shape index (κ2) is 6.44. The van der Waals surface area contributed by atoms with Gasteiger partial charge in [-0.15, -0.1) is 0 Å². The third-order valence-corrected chi connectivity index (χ3v) is 3.36. The first-order valence-corrected chi connectivity index (χ1v) is 7.44. The largest absolute Gasteiger partial charge is 0.492 e. The molecule has 0 bridgehead atoms. The lowest BCUT2D eigenvalue weighted by Gasteiger charge is -2.07. The fraction of sp³-hybridized carbons (Fsp3) is 0.400. The monoisotopic (exact) mass is 297 g/mol. The van der Waals surface area contributed by atoms with E-state index in [0.29, 0.717) is 35.2 Å². The van der Waals surface area contributed by atoms with Crippen LogP contribution in [0.15, 0.2) is 18.2 Å². The van der Waals surface area contributed by atoms with Crippen LogP contribution in [0.1, 0.15) is 12.8 Å². The molecule has 2 N–H and O–H groups in total. The molecule has 0 atom stereocenters. The molecule has 0 aliphatic heterocycles. The maximum absolute atomic E-state index is 10.7. The van der Waals surface area contributed by atoms with Gasteiger partial charge in [-0.1, -0.05) is 23.2 Å². The van der Waals surface area contributed by atoms with Gasteiger partial charge in [0.2, 0.25) is 10.0 Å². The molecule has 0 aliphatic rings. The van der Waals surface area contributed by atoms with Crippen LogP contribution in [0, 0.1) is 0 Å². The highest BCUT2D eigenvalue weighted by molar-refractivity contribution is 7.89. The Bertz CT molecular complexity index is 476. The summed E-state index contributed by atoms with van der Waals surface area (Å²) in [5.41, 5.74) is 0. The number of hydrogen-bond acceptors (Lipinski definition) is 3. The first-order valence-electron chi connectivity index (χ1n) is 4.97. The van der Waals surface area contributed by atoms with E-state index in [1.807, 2.05) is 0 Å². The molecule has 96 valence electrons. The van der Waals surface area contributed by atoms with Crippen LogP contribution in [0.2, 0.25) is 10.0 Å². The molecule has 0 amide bonds. The van der Waals surface area contributed by atoms with Crippen molar-refractivity contribution < 1.29 is 13.2 Å². The number of hydrogen-bond donors (Lipinski definition) is 1. The summed E-state index contributed by atoms with van der Waals surface area (Å²) >= 11 is 11.6. The van der Waals surface area contributed by atoms with Crippen LogP contribution < -0.4 is 9.88 Å². The Morgan fingerprint density at radius 3 is 2.53 bits per heavy atom. The molecule has 7 heteroatoms. The summed E-state index contributed by atoms with van der Waals surface area (Å²) in [5.74, 6) is 0.497. The standard InChI is InChI=1S/C10H13Cl2NO3S/c11-8-3-4-10(9(12)7-8)16-5-1-2-6-17(13,14)15/h3-4,7H,1-2,5-6H2,(H2,13,14,15). The fourth-order valence-electron chi connectivity index (χ4n) is 1.18. The number of nitrogens with two attached hydrogens (primary N) is 1. The zero-order chi connectivity index (χ0) is 12.9. The summed E-state index contributed by atoms with van der Waals surface area (Å²) in [6.45, 7) is 0.386. The normalized spacial score (nSPS) is 11.5. The van der Waals surface area contributed by atoms with E-state index in [1.165, 1.54) is 0 Å². The van der Waals surface area contributed by atoms with Gasteiger partial charge in [0, 0.05) is 5.02 Å². The molecular formula is C10H13Cl2NO3S. The van der Waals surface area contributed by atoms with Crippen molar-refractivity contribution in [1.82, 2.24) is 0 Å². The minimum Gasteiger partial charge on any atom is -0.492 e. The quantitative estimate of drug-likeness (QED) is 0.820. The lowest BCUT2D eigenvalue weighted by molar-refractivity contribution is 0.310. The van der Waals surface area contributed by atoms with Crippen molar-refractivity contribution in [2.45, 2.75) is 12.8 Å². The van der Waals surface area contributed by atoms with Gasteiger partial charge in [-0.3, -0.25) is 0 Å². The molecule has 0 aliphatic carbocycles. The van der Waals surface area contributed by atoms with Crippen LogP contribution in [-0.2, 0) is 10.0 Å². The molecule has 0 unspecified atom stereocenters. The summed E-state index contributed by atoms with van der Waals surface area (Å²) < 4.78 is 26.7. The molecule has 17 heavy (non-hydrogen) atoms. The van der Waals surface area contributed by atoms with Gasteiger partial charge >= 0.3 is 0 Å². The van der Waals surface area contributed by atoms with Crippen molar-refractivity contribution >= 4 is 33.2 Å². The van der Waals surface area contributed by atoms with Gasteiger partial charge in [0.1, 0.15) is 5.75 Å². The lowest BCUT2D eigenvalue weighted by Crippen LogP contribution is -2.16. The van der Waals surface area contributed by atoms with E-state index in [2.05, 4.69) is 0 Å². The van der Waals surface area contributed by atoms with Crippen molar-refractivity contribution in [2.75, 3.05) is 12.4 Å². The van der Waals surface area contributed by atoms with Gasteiger partial charge in [0.05, 0.1) is 17.4 Å². The minimum atomic E-state index is -3.38. The van der Waals surface area contributed by atoms with Crippen molar-refractivity contribution in [3.8, 4) is 5.75 Å². The summed E-state index contributed by atoms with van der Waals surface area (Å²) in [6, 6.07) is 4.93. The zero-order valence-corrected chi connectivity index (χ0v) is 11.4. The van der Waals surface area contributed by atoms with Gasteiger partial charge < -0.3 is 4.74 Å². The van der Waals surface area contributed by atoms with Crippen LogP contribution in [0.5, 0.6) is 5.75 Å². The predicted molar refractivity (Wildman–Crippen MR) is 69.2 cm³/mol. The Kier molecular flexibility index (Phi) is 5.52. The highest BCUT2D eigenvalue weighted by Crippen LogP contribution is 2.27. The van der Waals surface area contributed by atoms with E-state index in [1.54, 1.807) is 18.2 Å². The van der Waals surface area contributed by atoms with Crippen LogP contribution in [0.25, 0.3) is 0 Å². The summed E-state index contributed by atoms with van der Waals surface area (Å²) in [6.07, 6.45) is 1.05. The molecule has 0 saturated heterocycles.